The summed E-state index contributed by atoms with van der Waals surface area (Å²) in [6.07, 6.45) is 0. The van der Waals surface area contributed by atoms with Crippen molar-refractivity contribution >= 4 is 46.7 Å². The fourth-order valence-corrected chi connectivity index (χ4v) is 6.76. The minimum absolute atomic E-state index is 0.00741. The third-order valence-corrected chi connectivity index (χ3v) is 8.14. The number of hydrogen-bond donors (Lipinski definition) is 0. The molecular weight excluding hydrogens is 460 g/mol. The van der Waals surface area contributed by atoms with E-state index in [0.717, 1.165) is 16.7 Å². The van der Waals surface area contributed by atoms with Crippen molar-refractivity contribution in [2.75, 3.05) is 5.75 Å². The Balaban J connectivity index is 1.65. The Morgan fingerprint density at radius 2 is 1.85 bits per heavy atom. The van der Waals surface area contributed by atoms with E-state index in [-0.39, 0.29) is 23.6 Å². The first-order valence-corrected chi connectivity index (χ1v) is 12.4. The number of rotatable bonds is 7. The minimum atomic E-state index is -0.744. The normalized spacial score (nSPS) is 21.3. The molecular formula is C24H24N2O5S2. The molecule has 2 aromatic rings. The summed E-state index contributed by atoms with van der Waals surface area (Å²) in [4.78, 5) is 39.6. The number of nitrogens with zero attached hydrogens (tertiary/aromatic N) is 2. The van der Waals surface area contributed by atoms with E-state index in [2.05, 4.69) is 0 Å². The highest BCUT2D eigenvalue weighted by Gasteiger charge is 2.59. The molecule has 0 bridgehead atoms. The van der Waals surface area contributed by atoms with Gasteiger partial charge < -0.3 is 9.64 Å². The maximum atomic E-state index is 13.5. The van der Waals surface area contributed by atoms with Crippen LogP contribution in [-0.4, -0.2) is 43.6 Å². The molecule has 9 heteroatoms. The number of amides is 1. The molecule has 0 spiro atoms. The van der Waals surface area contributed by atoms with Crippen LogP contribution in [0.25, 0.3) is 5.57 Å². The van der Waals surface area contributed by atoms with Crippen LogP contribution in [0.2, 0.25) is 0 Å². The summed E-state index contributed by atoms with van der Waals surface area (Å²) in [6, 6.07) is 14.9. The standard InChI is InChI=1S/C24H24N2O5S2/c1-4-32-19-18(16-10-12-17(13-11-16)26(29)30)22-25(21(19)27)20(24(2,3)33-22)23(28)31-14-15-8-6-5-7-9-15/h5-13,20,22H,4,14H2,1-3H3/t20-,22+/m0/s1. The first-order valence-electron chi connectivity index (χ1n) is 10.6. The lowest BCUT2D eigenvalue weighted by Gasteiger charge is -2.29. The molecule has 2 atom stereocenters. The number of nitro groups is 1. The van der Waals surface area contributed by atoms with Crippen LogP contribution in [-0.2, 0) is 20.9 Å². The average molecular weight is 485 g/mol. The molecule has 172 valence electrons. The quantitative estimate of drug-likeness (QED) is 0.315. The third kappa shape index (κ3) is 4.39. The number of ether oxygens (including phenoxy) is 1. The summed E-state index contributed by atoms with van der Waals surface area (Å²) >= 11 is 2.97. The molecule has 2 heterocycles. The Labute approximate surface area is 200 Å². The molecule has 2 aromatic carbocycles. The van der Waals surface area contributed by atoms with E-state index in [1.807, 2.05) is 51.1 Å². The lowest BCUT2D eigenvalue weighted by atomic mass is 10.0. The number of fused-ring (bicyclic) bond motifs is 1. The van der Waals surface area contributed by atoms with E-state index in [1.54, 1.807) is 28.8 Å². The van der Waals surface area contributed by atoms with Gasteiger partial charge in [-0.1, -0.05) is 37.3 Å². The number of esters is 1. The number of carbonyl (C=O) groups excluding carboxylic acids is 2. The molecule has 0 aromatic heterocycles. The van der Waals surface area contributed by atoms with Crippen LogP contribution in [0.15, 0.2) is 59.5 Å². The van der Waals surface area contributed by atoms with E-state index < -0.39 is 21.7 Å². The highest BCUT2D eigenvalue weighted by Crippen LogP contribution is 2.55. The van der Waals surface area contributed by atoms with Crippen LogP contribution < -0.4 is 0 Å². The van der Waals surface area contributed by atoms with Crippen molar-refractivity contribution in [2.45, 2.75) is 43.5 Å². The number of carbonyl (C=O) groups is 2. The number of hydrogen-bond acceptors (Lipinski definition) is 7. The molecule has 4 rings (SSSR count). The number of benzene rings is 2. The second-order valence-corrected chi connectivity index (χ2v) is 11.3. The molecule has 1 saturated heterocycles. The van der Waals surface area contributed by atoms with Crippen LogP contribution in [0.3, 0.4) is 0 Å². The van der Waals surface area contributed by atoms with Gasteiger partial charge in [0.05, 0.1) is 9.83 Å². The fourth-order valence-electron chi connectivity index (χ4n) is 4.17. The van der Waals surface area contributed by atoms with Gasteiger partial charge in [-0.25, -0.2) is 4.79 Å². The molecule has 0 N–H and O–H groups in total. The van der Waals surface area contributed by atoms with E-state index in [9.17, 15) is 19.7 Å². The molecule has 0 unspecified atom stereocenters. The SMILES string of the molecule is CCSC1=C(c2ccc([N+](=O)[O-])cc2)[C@H]2SC(C)(C)[C@H](C(=O)OCc3ccccc3)N2C1=O. The van der Waals surface area contributed by atoms with Crippen LogP contribution in [0, 0.1) is 10.1 Å². The smallest absolute Gasteiger partial charge is 0.330 e. The van der Waals surface area contributed by atoms with Crippen LogP contribution in [0.5, 0.6) is 0 Å². The summed E-state index contributed by atoms with van der Waals surface area (Å²) < 4.78 is 5.07. The maximum absolute atomic E-state index is 13.5. The summed E-state index contributed by atoms with van der Waals surface area (Å²) in [5.74, 6) is 0.0629. The Morgan fingerprint density at radius 1 is 1.18 bits per heavy atom. The zero-order valence-corrected chi connectivity index (χ0v) is 20.2. The van der Waals surface area contributed by atoms with Gasteiger partial charge in [-0.3, -0.25) is 14.9 Å². The first kappa shape index (κ1) is 23.4. The Bertz CT molecular complexity index is 1120. The first-order chi connectivity index (χ1) is 15.7. The summed E-state index contributed by atoms with van der Waals surface area (Å²) in [6.45, 7) is 5.99. The van der Waals surface area contributed by atoms with Gasteiger partial charge in [-0.2, -0.15) is 0 Å². The van der Waals surface area contributed by atoms with Gasteiger partial charge in [0.25, 0.3) is 11.6 Å². The maximum Gasteiger partial charge on any atom is 0.330 e. The zero-order chi connectivity index (χ0) is 23.8. The molecule has 7 nitrogen and oxygen atoms in total. The summed E-state index contributed by atoms with van der Waals surface area (Å²) in [5.41, 5.74) is 2.43. The third-order valence-electron chi connectivity index (χ3n) is 5.65. The number of non-ortho nitro benzene ring substituents is 1. The second-order valence-electron chi connectivity index (χ2n) is 8.26. The minimum Gasteiger partial charge on any atom is -0.459 e. The largest absolute Gasteiger partial charge is 0.459 e. The van der Waals surface area contributed by atoms with Crippen molar-refractivity contribution in [2.24, 2.45) is 0 Å². The van der Waals surface area contributed by atoms with Gasteiger partial charge in [0.15, 0.2) is 0 Å². The Kier molecular flexibility index (Phi) is 6.54. The molecule has 1 fully saturated rings. The zero-order valence-electron chi connectivity index (χ0n) is 18.5. The monoisotopic (exact) mass is 484 g/mol. The Hall–Kier alpha value is -2.78. The molecule has 0 radical (unpaired) electrons. The average Bonchev–Trinajstić information content (AvgIpc) is 3.21. The molecule has 0 aliphatic carbocycles. The highest BCUT2D eigenvalue weighted by atomic mass is 32.2. The van der Waals surface area contributed by atoms with Gasteiger partial charge in [0.2, 0.25) is 0 Å². The van der Waals surface area contributed by atoms with Gasteiger partial charge >= 0.3 is 5.97 Å². The molecule has 2 aliphatic rings. The van der Waals surface area contributed by atoms with Crippen LogP contribution >= 0.6 is 23.5 Å². The van der Waals surface area contributed by atoms with E-state index in [4.69, 9.17) is 4.74 Å². The topological polar surface area (TPSA) is 89.8 Å². The Morgan fingerprint density at radius 3 is 2.45 bits per heavy atom. The molecule has 2 aliphatic heterocycles. The number of thioether (sulfide) groups is 2. The van der Waals surface area contributed by atoms with Gasteiger partial charge in [0.1, 0.15) is 18.0 Å². The van der Waals surface area contributed by atoms with Crippen molar-refractivity contribution in [1.82, 2.24) is 4.90 Å². The molecule has 0 saturated carbocycles. The van der Waals surface area contributed by atoms with E-state index in [0.29, 0.717) is 10.7 Å². The van der Waals surface area contributed by atoms with Crippen molar-refractivity contribution < 1.29 is 19.2 Å². The van der Waals surface area contributed by atoms with Gasteiger partial charge in [-0.15, -0.1) is 23.5 Å². The summed E-state index contributed by atoms with van der Waals surface area (Å²) in [5, 5.41) is 10.7. The lowest BCUT2D eigenvalue weighted by Crippen LogP contribution is -2.49. The van der Waals surface area contributed by atoms with Crippen molar-refractivity contribution in [3.05, 3.63) is 80.7 Å². The van der Waals surface area contributed by atoms with Crippen LogP contribution in [0.1, 0.15) is 31.9 Å². The second kappa shape index (κ2) is 9.23. The predicted octanol–water partition coefficient (Wildman–Crippen LogP) is 4.86. The fraction of sp³-hybridized carbons (Fsp3) is 0.333. The lowest BCUT2D eigenvalue weighted by molar-refractivity contribution is -0.384. The molecule has 33 heavy (non-hydrogen) atoms. The van der Waals surface area contributed by atoms with Crippen LogP contribution in [0.4, 0.5) is 5.69 Å². The highest BCUT2D eigenvalue weighted by molar-refractivity contribution is 8.05. The van der Waals surface area contributed by atoms with Crippen molar-refractivity contribution in [3.8, 4) is 0 Å². The predicted molar refractivity (Wildman–Crippen MR) is 130 cm³/mol. The molecule has 1 amide bonds. The van der Waals surface area contributed by atoms with E-state index in [1.165, 1.54) is 23.9 Å². The van der Waals surface area contributed by atoms with Crippen molar-refractivity contribution in [1.29, 1.82) is 0 Å². The van der Waals surface area contributed by atoms with E-state index >= 15 is 0 Å². The van der Waals surface area contributed by atoms with Gasteiger partial charge in [0, 0.05) is 22.5 Å². The van der Waals surface area contributed by atoms with Gasteiger partial charge in [-0.05, 0) is 42.9 Å². The van der Waals surface area contributed by atoms with Crippen molar-refractivity contribution in [3.63, 3.8) is 0 Å². The summed E-state index contributed by atoms with van der Waals surface area (Å²) in [7, 11) is 0. The number of nitro benzene ring substituents is 1.